The van der Waals surface area contributed by atoms with E-state index in [1.165, 1.54) is 0 Å². The van der Waals surface area contributed by atoms with Crippen LogP contribution in [0, 0.1) is 10.8 Å². The average molecular weight is 255 g/mol. The van der Waals surface area contributed by atoms with Gasteiger partial charge in [-0.05, 0) is 24.7 Å². The van der Waals surface area contributed by atoms with Gasteiger partial charge in [-0.3, -0.25) is 4.79 Å². The Kier molecular flexibility index (Phi) is 4.59. The van der Waals surface area contributed by atoms with Crippen LogP contribution in [0.5, 0.6) is 0 Å². The molecule has 0 saturated heterocycles. The predicted molar refractivity (Wildman–Crippen MR) is 71.4 cm³/mol. The fourth-order valence-corrected chi connectivity index (χ4v) is 2.29. The Labute approximate surface area is 109 Å². The molecule has 0 atom stereocenters. The molecule has 0 spiro atoms. The van der Waals surface area contributed by atoms with E-state index in [1.54, 1.807) is 0 Å². The second-order valence-corrected chi connectivity index (χ2v) is 5.97. The van der Waals surface area contributed by atoms with Gasteiger partial charge in [0.15, 0.2) is 5.84 Å². The van der Waals surface area contributed by atoms with Crippen LogP contribution in [-0.4, -0.2) is 23.5 Å². The lowest BCUT2D eigenvalue weighted by molar-refractivity contribution is -0.127. The first-order chi connectivity index (χ1) is 8.38. The predicted octanol–water partition coefficient (Wildman–Crippen LogP) is 1.85. The number of nitrogens with two attached hydrogens (primary N) is 1. The van der Waals surface area contributed by atoms with Crippen LogP contribution in [0.3, 0.4) is 0 Å². The van der Waals surface area contributed by atoms with E-state index >= 15 is 0 Å². The normalized spacial score (nSPS) is 19.8. The minimum Gasteiger partial charge on any atom is -0.409 e. The van der Waals surface area contributed by atoms with Gasteiger partial charge in [-0.2, -0.15) is 0 Å². The van der Waals surface area contributed by atoms with E-state index in [2.05, 4.69) is 31.2 Å². The van der Waals surface area contributed by atoms with E-state index < -0.39 is 5.41 Å². The Morgan fingerprint density at radius 2 is 2.00 bits per heavy atom. The van der Waals surface area contributed by atoms with Crippen LogP contribution in [0.15, 0.2) is 5.16 Å². The highest BCUT2D eigenvalue weighted by molar-refractivity contribution is 6.07. The van der Waals surface area contributed by atoms with Crippen LogP contribution in [0.1, 0.15) is 52.9 Å². The molecule has 5 nitrogen and oxygen atoms in total. The van der Waals surface area contributed by atoms with Crippen LogP contribution in [0.25, 0.3) is 0 Å². The van der Waals surface area contributed by atoms with Crippen LogP contribution < -0.4 is 11.1 Å². The first kappa shape index (κ1) is 14.8. The summed E-state index contributed by atoms with van der Waals surface area (Å²) < 4.78 is 0. The average Bonchev–Trinajstić information content (AvgIpc) is 2.85. The Morgan fingerprint density at radius 1 is 1.44 bits per heavy atom. The molecule has 0 heterocycles. The number of carbonyl (C=O) groups is 1. The van der Waals surface area contributed by atoms with Crippen molar-refractivity contribution in [1.29, 1.82) is 0 Å². The molecule has 4 N–H and O–H groups in total. The van der Waals surface area contributed by atoms with E-state index in [-0.39, 0.29) is 17.2 Å². The van der Waals surface area contributed by atoms with Crippen molar-refractivity contribution in [2.45, 2.75) is 52.9 Å². The molecule has 0 aromatic rings. The molecule has 0 unspecified atom stereocenters. The molecule has 5 heteroatoms. The fourth-order valence-electron chi connectivity index (χ4n) is 2.29. The number of nitrogens with one attached hydrogen (secondary N) is 1. The Morgan fingerprint density at radius 3 is 2.44 bits per heavy atom. The lowest BCUT2D eigenvalue weighted by Gasteiger charge is -2.29. The molecule has 1 fully saturated rings. The number of carbonyl (C=O) groups excluding carboxylic acids is 1. The maximum absolute atomic E-state index is 12.3. The topological polar surface area (TPSA) is 87.7 Å². The van der Waals surface area contributed by atoms with E-state index in [1.807, 2.05) is 0 Å². The first-order valence-corrected chi connectivity index (χ1v) is 6.64. The molecule has 0 radical (unpaired) electrons. The minimum atomic E-state index is -0.793. The molecule has 0 bridgehead atoms. The van der Waals surface area contributed by atoms with Gasteiger partial charge in [0.2, 0.25) is 5.91 Å². The molecule has 1 saturated carbocycles. The summed E-state index contributed by atoms with van der Waals surface area (Å²) in [5, 5.41) is 14.9. The molecule has 0 aromatic carbocycles. The first-order valence-electron chi connectivity index (χ1n) is 6.64. The van der Waals surface area contributed by atoms with Crippen LogP contribution in [0.4, 0.5) is 0 Å². The molecule has 1 rings (SSSR count). The fraction of sp³-hybridized carbons (Fsp3) is 0.846. The molecular weight excluding hydrogens is 230 g/mol. The van der Waals surface area contributed by atoms with E-state index in [4.69, 9.17) is 10.9 Å². The summed E-state index contributed by atoms with van der Waals surface area (Å²) in [4.78, 5) is 12.3. The molecule has 1 aliphatic carbocycles. The van der Waals surface area contributed by atoms with Gasteiger partial charge in [0.25, 0.3) is 0 Å². The van der Waals surface area contributed by atoms with Crippen molar-refractivity contribution in [2.24, 2.45) is 21.7 Å². The van der Waals surface area contributed by atoms with E-state index in [0.717, 1.165) is 19.3 Å². The summed E-state index contributed by atoms with van der Waals surface area (Å²) in [5.74, 6) is -0.0522. The Bertz CT molecular complexity index is 331. The molecule has 1 amide bonds. The molecule has 0 aliphatic heterocycles. The number of amides is 1. The Hall–Kier alpha value is -1.26. The highest BCUT2D eigenvalue weighted by Gasteiger charge is 2.45. The van der Waals surface area contributed by atoms with Crippen molar-refractivity contribution in [3.63, 3.8) is 0 Å². The van der Waals surface area contributed by atoms with Gasteiger partial charge < -0.3 is 16.3 Å². The van der Waals surface area contributed by atoms with Crippen LogP contribution in [0.2, 0.25) is 0 Å². The summed E-state index contributed by atoms with van der Waals surface area (Å²) in [6.07, 6.45) is 4.22. The molecule has 1 aliphatic rings. The number of nitrogens with zero attached hydrogens (tertiary/aromatic N) is 1. The van der Waals surface area contributed by atoms with Crippen molar-refractivity contribution >= 4 is 11.7 Å². The lowest BCUT2D eigenvalue weighted by Crippen LogP contribution is -2.50. The van der Waals surface area contributed by atoms with Crippen molar-refractivity contribution in [1.82, 2.24) is 5.32 Å². The standard InChI is InChI=1S/C13H25N3O2/c1-4-12(2,3)9-15-11(17)13(10(14)16-18)7-5-6-8-13/h18H,4-9H2,1-3H3,(H2,14,16)(H,15,17). The van der Waals surface area contributed by atoms with Crippen LogP contribution in [-0.2, 0) is 4.79 Å². The zero-order valence-corrected chi connectivity index (χ0v) is 11.6. The maximum Gasteiger partial charge on any atom is 0.233 e. The highest BCUT2D eigenvalue weighted by atomic mass is 16.4. The smallest absolute Gasteiger partial charge is 0.233 e. The van der Waals surface area contributed by atoms with Gasteiger partial charge in [0, 0.05) is 6.54 Å². The third-order valence-corrected chi connectivity index (χ3v) is 4.17. The SMILES string of the molecule is CCC(C)(C)CNC(=O)C1(C(N)=NO)CCCC1. The summed E-state index contributed by atoms with van der Waals surface area (Å²) in [6, 6.07) is 0. The largest absolute Gasteiger partial charge is 0.409 e. The monoisotopic (exact) mass is 255 g/mol. The minimum absolute atomic E-state index is 0.0480. The number of hydrogen-bond donors (Lipinski definition) is 3. The molecular formula is C13H25N3O2. The molecule has 104 valence electrons. The molecule has 18 heavy (non-hydrogen) atoms. The Balaban J connectivity index is 2.74. The summed E-state index contributed by atoms with van der Waals surface area (Å²) in [6.45, 7) is 6.93. The van der Waals surface area contributed by atoms with Crippen molar-refractivity contribution in [3.05, 3.63) is 0 Å². The lowest BCUT2D eigenvalue weighted by atomic mass is 9.83. The van der Waals surface area contributed by atoms with Gasteiger partial charge in [-0.25, -0.2) is 0 Å². The van der Waals surface area contributed by atoms with Gasteiger partial charge >= 0.3 is 0 Å². The van der Waals surface area contributed by atoms with Crippen molar-refractivity contribution in [2.75, 3.05) is 6.54 Å². The zero-order chi connectivity index (χ0) is 13.8. The second kappa shape index (κ2) is 5.59. The quantitative estimate of drug-likeness (QED) is 0.303. The van der Waals surface area contributed by atoms with Gasteiger partial charge in [0.1, 0.15) is 5.41 Å². The number of oxime groups is 1. The van der Waals surface area contributed by atoms with Crippen molar-refractivity contribution < 1.29 is 10.0 Å². The second-order valence-electron chi connectivity index (χ2n) is 5.97. The van der Waals surface area contributed by atoms with Crippen LogP contribution >= 0.6 is 0 Å². The zero-order valence-electron chi connectivity index (χ0n) is 11.6. The van der Waals surface area contributed by atoms with E-state index in [0.29, 0.717) is 19.4 Å². The van der Waals surface area contributed by atoms with Crippen molar-refractivity contribution in [3.8, 4) is 0 Å². The number of hydrogen-bond acceptors (Lipinski definition) is 3. The summed E-state index contributed by atoms with van der Waals surface area (Å²) >= 11 is 0. The third kappa shape index (κ3) is 2.94. The molecule has 0 aromatic heterocycles. The number of amidine groups is 1. The van der Waals surface area contributed by atoms with Gasteiger partial charge in [0.05, 0.1) is 0 Å². The number of rotatable bonds is 5. The summed E-state index contributed by atoms with van der Waals surface area (Å²) in [7, 11) is 0. The highest BCUT2D eigenvalue weighted by Crippen LogP contribution is 2.38. The van der Waals surface area contributed by atoms with Gasteiger partial charge in [-0.15, -0.1) is 0 Å². The summed E-state index contributed by atoms with van der Waals surface area (Å²) in [5.41, 5.74) is 5.00. The maximum atomic E-state index is 12.3. The van der Waals surface area contributed by atoms with E-state index in [9.17, 15) is 4.79 Å². The van der Waals surface area contributed by atoms with Gasteiger partial charge in [-0.1, -0.05) is 38.8 Å². The third-order valence-electron chi connectivity index (χ3n) is 4.17.